The normalized spacial score (nSPS) is 9.15. The maximum atomic E-state index is 8.66. The van der Waals surface area contributed by atoms with Gasteiger partial charge in [0.1, 0.15) is 29.8 Å². The van der Waals surface area contributed by atoms with E-state index in [1.165, 1.54) is 24.3 Å². The van der Waals surface area contributed by atoms with Crippen molar-refractivity contribution in [2.45, 2.75) is 0 Å². The van der Waals surface area contributed by atoms with E-state index >= 15 is 0 Å². The van der Waals surface area contributed by atoms with E-state index in [2.05, 4.69) is 20.8 Å². The zero-order valence-corrected chi connectivity index (χ0v) is 10.5. The summed E-state index contributed by atoms with van der Waals surface area (Å²) < 4.78 is 6.73. The number of anilines is 1. The Kier molecular flexibility index (Phi) is 3.90. The van der Waals surface area contributed by atoms with Crippen molar-refractivity contribution < 1.29 is 4.74 Å². The predicted octanol–water partition coefficient (Wildman–Crippen LogP) is 1.01. The largest absolute Gasteiger partial charge is 0.494 e. The Balaban J connectivity index is 2.30. The van der Waals surface area contributed by atoms with E-state index in [0.717, 1.165) is 5.69 Å². The highest BCUT2D eigenvalue weighted by Gasteiger charge is 2.06. The SMILES string of the molecule is COc1cc(-n2cnnn2)ccc1NC=C(C#N)C#N. The van der Waals surface area contributed by atoms with E-state index in [4.69, 9.17) is 15.3 Å². The maximum Gasteiger partial charge on any atom is 0.145 e. The zero-order valence-electron chi connectivity index (χ0n) is 10.5. The van der Waals surface area contributed by atoms with Crippen LogP contribution in [0, 0.1) is 22.7 Å². The molecule has 2 aromatic rings. The molecule has 1 heterocycles. The molecule has 98 valence electrons. The number of methoxy groups -OCH3 is 1. The summed E-state index contributed by atoms with van der Waals surface area (Å²) in [6.07, 6.45) is 2.78. The lowest BCUT2D eigenvalue weighted by atomic mass is 10.2. The van der Waals surface area contributed by atoms with Gasteiger partial charge in [-0.15, -0.1) is 5.10 Å². The molecule has 8 nitrogen and oxygen atoms in total. The fraction of sp³-hybridized carbons (Fsp3) is 0.0833. The molecule has 8 heteroatoms. The monoisotopic (exact) mass is 267 g/mol. The van der Waals surface area contributed by atoms with Gasteiger partial charge in [0.15, 0.2) is 0 Å². The Bertz CT molecular complexity index is 690. The van der Waals surface area contributed by atoms with Crippen molar-refractivity contribution in [2.24, 2.45) is 0 Å². The van der Waals surface area contributed by atoms with Gasteiger partial charge in [-0.3, -0.25) is 0 Å². The molecule has 0 radical (unpaired) electrons. The van der Waals surface area contributed by atoms with Gasteiger partial charge in [-0.05, 0) is 22.6 Å². The number of ether oxygens (including phenoxy) is 1. The number of tetrazole rings is 1. The van der Waals surface area contributed by atoms with Crippen LogP contribution in [0.25, 0.3) is 5.69 Å². The standard InChI is InChI=1S/C12H9N7O/c1-20-12-4-10(19-8-16-17-18-19)2-3-11(12)15-7-9(5-13)6-14/h2-4,7-8,15H,1H3. The molecule has 1 aromatic heterocycles. The topological polar surface area (TPSA) is 112 Å². The maximum absolute atomic E-state index is 8.66. The minimum Gasteiger partial charge on any atom is -0.494 e. The smallest absolute Gasteiger partial charge is 0.145 e. The highest BCUT2D eigenvalue weighted by Crippen LogP contribution is 2.27. The first kappa shape index (κ1) is 13.1. The number of hydrogen-bond donors (Lipinski definition) is 1. The average molecular weight is 267 g/mol. The van der Waals surface area contributed by atoms with Crippen molar-refractivity contribution in [1.29, 1.82) is 10.5 Å². The van der Waals surface area contributed by atoms with Crippen LogP contribution in [0.5, 0.6) is 5.75 Å². The third kappa shape index (κ3) is 2.71. The lowest BCUT2D eigenvalue weighted by molar-refractivity contribution is 0.416. The quantitative estimate of drug-likeness (QED) is 0.822. The number of benzene rings is 1. The summed E-state index contributed by atoms with van der Waals surface area (Å²) in [6, 6.07) is 8.75. The fourth-order valence-electron chi connectivity index (χ4n) is 1.46. The second-order valence-electron chi connectivity index (χ2n) is 3.56. The second kappa shape index (κ2) is 5.98. The Hall–Kier alpha value is -3.39. The number of aromatic nitrogens is 4. The Morgan fingerprint density at radius 3 is 2.80 bits per heavy atom. The summed E-state index contributed by atoms with van der Waals surface area (Å²) in [6.45, 7) is 0. The van der Waals surface area contributed by atoms with Crippen LogP contribution < -0.4 is 10.1 Å². The third-order valence-corrected chi connectivity index (χ3v) is 2.41. The molecular formula is C12H9N7O. The van der Waals surface area contributed by atoms with Crippen LogP contribution in [0.4, 0.5) is 5.69 Å². The first-order valence-corrected chi connectivity index (χ1v) is 5.46. The van der Waals surface area contributed by atoms with Gasteiger partial charge in [-0.25, -0.2) is 4.68 Å². The highest BCUT2D eigenvalue weighted by molar-refractivity contribution is 5.62. The van der Waals surface area contributed by atoms with Gasteiger partial charge in [0.25, 0.3) is 0 Å². The van der Waals surface area contributed by atoms with Gasteiger partial charge in [-0.2, -0.15) is 10.5 Å². The molecule has 1 N–H and O–H groups in total. The van der Waals surface area contributed by atoms with Gasteiger partial charge >= 0.3 is 0 Å². The van der Waals surface area contributed by atoms with Crippen LogP contribution in [0.3, 0.4) is 0 Å². The van der Waals surface area contributed by atoms with E-state index < -0.39 is 0 Å². The Morgan fingerprint density at radius 2 is 2.20 bits per heavy atom. The van der Waals surface area contributed by atoms with Gasteiger partial charge in [0, 0.05) is 12.3 Å². The number of hydrogen-bond acceptors (Lipinski definition) is 7. The van der Waals surface area contributed by atoms with Crippen LogP contribution in [0.2, 0.25) is 0 Å². The number of rotatable bonds is 4. The number of nitriles is 2. The Morgan fingerprint density at radius 1 is 1.40 bits per heavy atom. The van der Waals surface area contributed by atoms with Gasteiger partial charge in [-0.1, -0.05) is 0 Å². The molecule has 0 aliphatic rings. The molecule has 0 fully saturated rings. The molecule has 0 bridgehead atoms. The summed E-state index contributed by atoms with van der Waals surface area (Å²) in [5.41, 5.74) is 1.31. The molecule has 0 amide bonds. The van der Waals surface area contributed by atoms with E-state index in [-0.39, 0.29) is 5.57 Å². The van der Waals surface area contributed by atoms with E-state index in [1.54, 1.807) is 30.3 Å². The molecule has 1 aromatic carbocycles. The molecule has 0 atom stereocenters. The van der Waals surface area contributed by atoms with Crippen molar-refractivity contribution in [3.8, 4) is 23.6 Å². The van der Waals surface area contributed by atoms with Gasteiger partial charge in [0.05, 0.1) is 18.5 Å². The van der Waals surface area contributed by atoms with E-state index in [9.17, 15) is 0 Å². The average Bonchev–Trinajstić information content (AvgIpc) is 3.02. The van der Waals surface area contributed by atoms with E-state index in [0.29, 0.717) is 11.4 Å². The molecule has 20 heavy (non-hydrogen) atoms. The van der Waals surface area contributed by atoms with Crippen molar-refractivity contribution in [3.05, 3.63) is 36.3 Å². The lowest BCUT2D eigenvalue weighted by Crippen LogP contribution is -1.99. The molecule has 0 unspecified atom stereocenters. The lowest BCUT2D eigenvalue weighted by Gasteiger charge is -2.09. The second-order valence-corrected chi connectivity index (χ2v) is 3.56. The van der Waals surface area contributed by atoms with Crippen LogP contribution in [-0.2, 0) is 0 Å². The first-order chi connectivity index (χ1) is 9.78. The summed E-state index contributed by atoms with van der Waals surface area (Å²) in [7, 11) is 1.52. The minimum atomic E-state index is -0.0309. The van der Waals surface area contributed by atoms with Gasteiger partial charge < -0.3 is 10.1 Å². The van der Waals surface area contributed by atoms with Crippen molar-refractivity contribution >= 4 is 5.69 Å². The number of nitrogens with zero attached hydrogens (tertiary/aromatic N) is 6. The molecule has 0 spiro atoms. The van der Waals surface area contributed by atoms with Crippen molar-refractivity contribution in [1.82, 2.24) is 20.2 Å². The molecule has 0 saturated heterocycles. The summed E-state index contributed by atoms with van der Waals surface area (Å²) in [5, 5.41) is 31.0. The van der Waals surface area contributed by atoms with Gasteiger partial charge in [0.2, 0.25) is 0 Å². The van der Waals surface area contributed by atoms with Crippen molar-refractivity contribution in [2.75, 3.05) is 12.4 Å². The number of nitrogens with one attached hydrogen (secondary N) is 1. The molecule has 2 rings (SSSR count). The first-order valence-electron chi connectivity index (χ1n) is 5.46. The summed E-state index contributed by atoms with van der Waals surface area (Å²) >= 11 is 0. The molecule has 0 aliphatic carbocycles. The molecule has 0 aliphatic heterocycles. The minimum absolute atomic E-state index is 0.0309. The summed E-state index contributed by atoms with van der Waals surface area (Å²) in [4.78, 5) is 0. The summed E-state index contributed by atoms with van der Waals surface area (Å²) in [5.74, 6) is 0.532. The van der Waals surface area contributed by atoms with Crippen LogP contribution in [-0.4, -0.2) is 27.3 Å². The predicted molar refractivity (Wildman–Crippen MR) is 68.6 cm³/mol. The van der Waals surface area contributed by atoms with Crippen LogP contribution in [0.1, 0.15) is 0 Å². The molecular weight excluding hydrogens is 258 g/mol. The number of allylic oxidation sites excluding steroid dienone is 1. The third-order valence-electron chi connectivity index (χ3n) is 2.41. The van der Waals surface area contributed by atoms with Crippen LogP contribution in [0.15, 0.2) is 36.3 Å². The fourth-order valence-corrected chi connectivity index (χ4v) is 1.46. The zero-order chi connectivity index (χ0) is 14.4. The Labute approximate surface area is 114 Å². The highest BCUT2D eigenvalue weighted by atomic mass is 16.5. The van der Waals surface area contributed by atoms with E-state index in [1.807, 2.05) is 0 Å². The van der Waals surface area contributed by atoms with Crippen LogP contribution >= 0.6 is 0 Å². The molecule has 0 saturated carbocycles. The van der Waals surface area contributed by atoms with Crippen molar-refractivity contribution in [3.63, 3.8) is 0 Å².